The minimum atomic E-state index is -0.386. The van der Waals surface area contributed by atoms with E-state index in [-0.39, 0.29) is 29.7 Å². The zero-order valence-corrected chi connectivity index (χ0v) is 16.4. The first-order valence-corrected chi connectivity index (χ1v) is 9.50. The van der Waals surface area contributed by atoms with Gasteiger partial charge in [0.1, 0.15) is 17.2 Å². The van der Waals surface area contributed by atoms with Crippen molar-refractivity contribution in [1.82, 2.24) is 10.6 Å². The lowest BCUT2D eigenvalue weighted by Gasteiger charge is -2.21. The molecule has 6 nitrogen and oxygen atoms in total. The molecule has 1 aromatic heterocycles. The highest BCUT2D eigenvalue weighted by Crippen LogP contribution is 2.33. The number of benzene rings is 2. The first-order valence-electron chi connectivity index (χ1n) is 9.50. The summed E-state index contributed by atoms with van der Waals surface area (Å²) in [7, 11) is 0. The Kier molecular flexibility index (Phi) is 4.74. The number of rotatable bonds is 4. The molecule has 1 aliphatic rings. The quantitative estimate of drug-likeness (QED) is 0.602. The smallest absolute Gasteiger partial charge is 0.319 e. The lowest BCUT2D eigenvalue weighted by atomic mass is 9.98. The Labute approximate surface area is 167 Å². The number of carbonyl (C=O) groups excluding carboxylic acids is 2. The van der Waals surface area contributed by atoms with Crippen LogP contribution in [0, 0.1) is 18.7 Å². The van der Waals surface area contributed by atoms with Gasteiger partial charge in [0.05, 0.1) is 6.04 Å². The Morgan fingerprint density at radius 3 is 2.76 bits per heavy atom. The van der Waals surface area contributed by atoms with Crippen LogP contribution in [0.25, 0.3) is 11.0 Å². The molecule has 0 spiro atoms. The molecule has 29 heavy (non-hydrogen) atoms. The van der Waals surface area contributed by atoms with Crippen LogP contribution in [0.2, 0.25) is 0 Å². The Morgan fingerprint density at radius 1 is 1.21 bits per heavy atom. The summed E-state index contributed by atoms with van der Waals surface area (Å²) in [5.74, 6) is 0.225. The number of hydrogen-bond donors (Lipinski definition) is 3. The number of hydrogen-bond acceptors (Lipinski definition) is 3. The van der Waals surface area contributed by atoms with Gasteiger partial charge in [-0.2, -0.15) is 0 Å². The largest absolute Gasteiger partial charge is 0.459 e. The molecule has 0 radical (unpaired) electrons. The van der Waals surface area contributed by atoms with Gasteiger partial charge in [-0.3, -0.25) is 4.79 Å². The molecule has 1 atom stereocenters. The summed E-state index contributed by atoms with van der Waals surface area (Å²) < 4.78 is 19.6. The van der Waals surface area contributed by atoms with Crippen molar-refractivity contribution < 1.29 is 18.4 Å². The molecule has 7 heteroatoms. The maximum Gasteiger partial charge on any atom is 0.319 e. The lowest BCUT2D eigenvalue weighted by molar-refractivity contribution is 0.0965. The van der Waals surface area contributed by atoms with E-state index in [0.717, 1.165) is 11.1 Å². The molecule has 1 unspecified atom stereocenters. The van der Waals surface area contributed by atoms with Crippen molar-refractivity contribution in [2.75, 3.05) is 5.32 Å². The van der Waals surface area contributed by atoms with Gasteiger partial charge in [0.2, 0.25) is 0 Å². The zero-order valence-electron chi connectivity index (χ0n) is 16.4. The van der Waals surface area contributed by atoms with Gasteiger partial charge < -0.3 is 20.4 Å². The van der Waals surface area contributed by atoms with Crippen molar-refractivity contribution in [3.05, 3.63) is 64.7 Å². The van der Waals surface area contributed by atoms with Crippen LogP contribution in [0.3, 0.4) is 0 Å². The van der Waals surface area contributed by atoms with Crippen LogP contribution in [-0.4, -0.2) is 11.9 Å². The van der Waals surface area contributed by atoms with Gasteiger partial charge in [0.15, 0.2) is 0 Å². The topological polar surface area (TPSA) is 83.4 Å². The Bertz CT molecular complexity index is 1120. The summed E-state index contributed by atoms with van der Waals surface area (Å²) in [6.45, 7) is 6.27. The van der Waals surface area contributed by atoms with Gasteiger partial charge in [0.25, 0.3) is 5.91 Å². The van der Waals surface area contributed by atoms with Gasteiger partial charge in [-0.05, 0) is 54.8 Å². The number of aryl methyl sites for hydroxylation is 1. The van der Waals surface area contributed by atoms with E-state index >= 15 is 0 Å². The van der Waals surface area contributed by atoms with Crippen LogP contribution in [0.1, 0.15) is 47.1 Å². The van der Waals surface area contributed by atoms with Crippen molar-refractivity contribution in [3.8, 4) is 0 Å². The van der Waals surface area contributed by atoms with Crippen LogP contribution in [0.15, 0.2) is 40.8 Å². The first-order chi connectivity index (χ1) is 13.8. The van der Waals surface area contributed by atoms with E-state index in [4.69, 9.17) is 4.42 Å². The number of carbonyl (C=O) groups is 2. The molecule has 4 rings (SSSR count). The standard InChI is InChI=1S/C22H22FN3O3/c1-11(2)19(20-12(3)17-9-14(23)4-7-18(17)29-20)26-22(28)25-15-5-6-16-13(8-15)10-24-21(16)27/h4-9,11,19H,10H2,1-3H3,(H,24,27)(H2,25,26,28). The second-order valence-electron chi connectivity index (χ2n) is 7.61. The fourth-order valence-electron chi connectivity index (χ4n) is 3.66. The Hall–Kier alpha value is -3.35. The number of nitrogens with one attached hydrogen (secondary N) is 3. The van der Waals surface area contributed by atoms with Crippen LogP contribution in [0.5, 0.6) is 0 Å². The number of amides is 3. The maximum atomic E-state index is 13.6. The molecular weight excluding hydrogens is 373 g/mol. The average molecular weight is 395 g/mol. The highest BCUT2D eigenvalue weighted by Gasteiger charge is 2.26. The number of halogens is 1. The summed E-state index contributed by atoms with van der Waals surface area (Å²) >= 11 is 0. The molecule has 3 N–H and O–H groups in total. The molecular formula is C22H22FN3O3. The van der Waals surface area contributed by atoms with Crippen LogP contribution in [-0.2, 0) is 6.54 Å². The van der Waals surface area contributed by atoms with E-state index < -0.39 is 0 Å². The number of fused-ring (bicyclic) bond motifs is 2. The summed E-state index contributed by atoms with van der Waals surface area (Å²) in [5, 5.41) is 9.22. The fraction of sp³-hybridized carbons (Fsp3) is 0.273. The van der Waals surface area contributed by atoms with E-state index in [1.54, 1.807) is 24.3 Å². The molecule has 3 amide bonds. The van der Waals surface area contributed by atoms with Crippen molar-refractivity contribution in [2.45, 2.75) is 33.4 Å². The third-order valence-electron chi connectivity index (χ3n) is 5.22. The minimum absolute atomic E-state index is 0.0479. The third kappa shape index (κ3) is 3.55. The second-order valence-corrected chi connectivity index (χ2v) is 7.61. The molecule has 0 saturated carbocycles. The summed E-state index contributed by atoms with van der Waals surface area (Å²) in [5.41, 5.74) is 3.47. The van der Waals surface area contributed by atoms with Crippen LogP contribution in [0.4, 0.5) is 14.9 Å². The van der Waals surface area contributed by atoms with Gasteiger partial charge in [-0.1, -0.05) is 13.8 Å². The first kappa shape index (κ1) is 19.0. The predicted octanol–water partition coefficient (Wildman–Crippen LogP) is 4.64. The predicted molar refractivity (Wildman–Crippen MR) is 108 cm³/mol. The summed E-state index contributed by atoms with van der Waals surface area (Å²) in [4.78, 5) is 24.3. The molecule has 2 aromatic carbocycles. The number of anilines is 1. The molecule has 1 aliphatic heterocycles. The Morgan fingerprint density at radius 2 is 2.00 bits per heavy atom. The van der Waals surface area contributed by atoms with E-state index in [9.17, 15) is 14.0 Å². The van der Waals surface area contributed by atoms with Crippen LogP contribution < -0.4 is 16.0 Å². The molecule has 0 bridgehead atoms. The van der Waals surface area contributed by atoms with Crippen molar-refractivity contribution in [2.24, 2.45) is 5.92 Å². The molecule has 0 fully saturated rings. The summed E-state index contributed by atoms with van der Waals surface area (Å²) in [6.07, 6.45) is 0. The average Bonchev–Trinajstić information content (AvgIpc) is 3.20. The molecule has 0 saturated heterocycles. The fourth-order valence-corrected chi connectivity index (χ4v) is 3.66. The summed E-state index contributed by atoms with van der Waals surface area (Å²) in [6, 6.07) is 8.80. The monoisotopic (exact) mass is 395 g/mol. The van der Waals surface area contributed by atoms with E-state index in [2.05, 4.69) is 16.0 Å². The van der Waals surface area contributed by atoms with Gasteiger partial charge in [-0.15, -0.1) is 0 Å². The van der Waals surface area contributed by atoms with Crippen LogP contribution >= 0.6 is 0 Å². The van der Waals surface area contributed by atoms with Crippen molar-refractivity contribution in [3.63, 3.8) is 0 Å². The number of furan rings is 1. The van der Waals surface area contributed by atoms with Gasteiger partial charge in [-0.25, -0.2) is 9.18 Å². The van der Waals surface area contributed by atoms with Crippen molar-refractivity contribution >= 4 is 28.6 Å². The van der Waals surface area contributed by atoms with Gasteiger partial charge >= 0.3 is 6.03 Å². The van der Waals surface area contributed by atoms with E-state index in [1.165, 1.54) is 12.1 Å². The minimum Gasteiger partial charge on any atom is -0.459 e. The second kappa shape index (κ2) is 7.24. The number of urea groups is 1. The maximum absolute atomic E-state index is 13.6. The highest BCUT2D eigenvalue weighted by molar-refractivity contribution is 5.99. The zero-order chi connectivity index (χ0) is 20.7. The van der Waals surface area contributed by atoms with Gasteiger partial charge in [0, 0.05) is 28.7 Å². The molecule has 3 aromatic rings. The molecule has 0 aliphatic carbocycles. The highest BCUT2D eigenvalue weighted by atomic mass is 19.1. The lowest BCUT2D eigenvalue weighted by Crippen LogP contribution is -2.35. The van der Waals surface area contributed by atoms with E-state index in [1.807, 2.05) is 20.8 Å². The molecule has 2 heterocycles. The normalized spacial score (nSPS) is 14.0. The third-order valence-corrected chi connectivity index (χ3v) is 5.22. The van der Waals surface area contributed by atoms with Crippen molar-refractivity contribution in [1.29, 1.82) is 0 Å². The SMILES string of the molecule is Cc1c(C(NC(=O)Nc2ccc3c(c2)CNC3=O)C(C)C)oc2ccc(F)cc12. The Balaban J connectivity index is 1.55. The van der Waals surface area contributed by atoms with E-state index in [0.29, 0.717) is 34.5 Å². The molecule has 150 valence electrons.